The molecule has 2 aliphatic rings. The minimum Gasteiger partial charge on any atom is -0.314 e. The van der Waals surface area contributed by atoms with Crippen LogP contribution in [0.4, 0.5) is 0 Å². The SMILES string of the molecule is CCCNC1CC2CCC(C1)N2C(C)c1ncc(CC)s1. The third kappa shape index (κ3) is 3.17. The normalized spacial score (nSPS) is 30.7. The summed E-state index contributed by atoms with van der Waals surface area (Å²) in [6, 6.07) is 2.78. The Morgan fingerprint density at radius 1 is 1.33 bits per heavy atom. The molecule has 4 heteroatoms. The van der Waals surface area contributed by atoms with Gasteiger partial charge in [-0.05, 0) is 52.0 Å². The summed E-state index contributed by atoms with van der Waals surface area (Å²) in [5.74, 6) is 0. The molecular formula is C17H29N3S. The molecule has 1 aromatic rings. The van der Waals surface area contributed by atoms with E-state index in [0.29, 0.717) is 6.04 Å². The molecule has 3 rings (SSSR count). The number of hydrogen-bond acceptors (Lipinski definition) is 4. The number of piperidine rings is 1. The molecule has 0 spiro atoms. The van der Waals surface area contributed by atoms with E-state index in [1.165, 1.54) is 48.5 Å². The summed E-state index contributed by atoms with van der Waals surface area (Å²) in [6.07, 6.45) is 9.84. The maximum absolute atomic E-state index is 4.69. The Hall–Kier alpha value is -0.450. The van der Waals surface area contributed by atoms with Crippen LogP contribution in [-0.4, -0.2) is 34.6 Å². The van der Waals surface area contributed by atoms with Gasteiger partial charge in [0.05, 0.1) is 6.04 Å². The molecule has 3 nitrogen and oxygen atoms in total. The summed E-state index contributed by atoms with van der Waals surface area (Å²) in [7, 11) is 0. The number of fused-ring (bicyclic) bond motifs is 2. The molecule has 2 saturated heterocycles. The molecule has 0 amide bonds. The van der Waals surface area contributed by atoms with Gasteiger partial charge in [-0.1, -0.05) is 13.8 Å². The number of aromatic nitrogens is 1. The van der Waals surface area contributed by atoms with Gasteiger partial charge in [0.25, 0.3) is 0 Å². The lowest BCUT2D eigenvalue weighted by molar-refractivity contribution is 0.0770. The molecule has 3 heterocycles. The topological polar surface area (TPSA) is 28.2 Å². The molecule has 0 saturated carbocycles. The van der Waals surface area contributed by atoms with Gasteiger partial charge in [0.15, 0.2) is 0 Å². The van der Waals surface area contributed by atoms with Gasteiger partial charge in [-0.3, -0.25) is 4.90 Å². The van der Waals surface area contributed by atoms with Crippen molar-refractivity contribution < 1.29 is 0 Å². The van der Waals surface area contributed by atoms with E-state index in [1.807, 2.05) is 11.3 Å². The fraction of sp³-hybridized carbons (Fsp3) is 0.824. The molecule has 1 aromatic heterocycles. The standard InChI is InChI=1S/C17H29N3S/c1-4-8-18-13-9-14-6-7-15(10-13)20(14)12(3)17-19-11-16(5-2)21-17/h11-15,18H,4-10H2,1-3H3. The van der Waals surface area contributed by atoms with Crippen molar-refractivity contribution in [2.75, 3.05) is 6.54 Å². The second-order valence-corrected chi connectivity index (χ2v) is 7.80. The third-order valence-electron chi connectivity index (χ3n) is 5.20. The summed E-state index contributed by atoms with van der Waals surface area (Å²) in [4.78, 5) is 8.89. The highest BCUT2D eigenvalue weighted by Crippen LogP contribution is 2.42. The van der Waals surface area contributed by atoms with Gasteiger partial charge < -0.3 is 5.32 Å². The molecular weight excluding hydrogens is 278 g/mol. The quantitative estimate of drug-likeness (QED) is 0.867. The van der Waals surface area contributed by atoms with Crippen LogP contribution in [0.1, 0.15) is 68.8 Å². The third-order valence-corrected chi connectivity index (χ3v) is 6.51. The maximum Gasteiger partial charge on any atom is 0.110 e. The zero-order chi connectivity index (χ0) is 14.8. The number of nitrogens with zero attached hydrogens (tertiary/aromatic N) is 2. The van der Waals surface area contributed by atoms with E-state index in [9.17, 15) is 0 Å². The van der Waals surface area contributed by atoms with Crippen LogP contribution in [0, 0.1) is 0 Å². The first kappa shape index (κ1) is 15.4. The molecule has 2 aliphatic heterocycles. The molecule has 3 atom stereocenters. The van der Waals surface area contributed by atoms with E-state index in [1.54, 1.807) is 0 Å². The van der Waals surface area contributed by atoms with Crippen LogP contribution in [0.25, 0.3) is 0 Å². The first-order chi connectivity index (χ1) is 10.2. The monoisotopic (exact) mass is 307 g/mol. The predicted molar refractivity (Wildman–Crippen MR) is 89.9 cm³/mol. The first-order valence-corrected chi connectivity index (χ1v) is 9.50. The molecule has 1 N–H and O–H groups in total. The first-order valence-electron chi connectivity index (χ1n) is 8.68. The smallest absolute Gasteiger partial charge is 0.110 e. The summed E-state index contributed by atoms with van der Waals surface area (Å²) in [5, 5.41) is 5.07. The molecule has 2 bridgehead atoms. The minimum atomic E-state index is 0.500. The Morgan fingerprint density at radius 3 is 2.62 bits per heavy atom. The van der Waals surface area contributed by atoms with Crippen molar-refractivity contribution in [2.45, 2.75) is 83.5 Å². The van der Waals surface area contributed by atoms with Gasteiger partial charge >= 0.3 is 0 Å². The lowest BCUT2D eigenvalue weighted by atomic mass is 9.95. The Morgan fingerprint density at radius 2 is 2.05 bits per heavy atom. The predicted octanol–water partition coefficient (Wildman–Crippen LogP) is 3.76. The fourth-order valence-electron chi connectivity index (χ4n) is 4.17. The van der Waals surface area contributed by atoms with Crippen molar-refractivity contribution in [3.63, 3.8) is 0 Å². The minimum absolute atomic E-state index is 0.500. The van der Waals surface area contributed by atoms with Gasteiger partial charge in [-0.2, -0.15) is 0 Å². The van der Waals surface area contributed by atoms with Crippen LogP contribution in [0.15, 0.2) is 6.20 Å². The summed E-state index contributed by atoms with van der Waals surface area (Å²) < 4.78 is 0. The van der Waals surface area contributed by atoms with Crippen molar-refractivity contribution in [3.8, 4) is 0 Å². The van der Waals surface area contributed by atoms with E-state index in [-0.39, 0.29) is 0 Å². The average molecular weight is 308 g/mol. The zero-order valence-corrected chi connectivity index (χ0v) is 14.5. The van der Waals surface area contributed by atoms with Gasteiger partial charge in [0.1, 0.15) is 5.01 Å². The highest BCUT2D eigenvalue weighted by Gasteiger charge is 2.43. The lowest BCUT2D eigenvalue weighted by Gasteiger charge is -2.42. The van der Waals surface area contributed by atoms with Crippen molar-refractivity contribution in [3.05, 3.63) is 16.1 Å². The van der Waals surface area contributed by atoms with E-state index in [0.717, 1.165) is 24.5 Å². The number of nitrogens with one attached hydrogen (secondary N) is 1. The van der Waals surface area contributed by atoms with Gasteiger partial charge in [-0.25, -0.2) is 4.98 Å². The van der Waals surface area contributed by atoms with Crippen LogP contribution in [0.2, 0.25) is 0 Å². The van der Waals surface area contributed by atoms with Crippen molar-refractivity contribution in [2.24, 2.45) is 0 Å². The highest BCUT2D eigenvalue weighted by atomic mass is 32.1. The van der Waals surface area contributed by atoms with Crippen molar-refractivity contribution in [1.82, 2.24) is 15.2 Å². The number of thiazole rings is 1. The van der Waals surface area contributed by atoms with Crippen LogP contribution in [0.3, 0.4) is 0 Å². The molecule has 118 valence electrons. The van der Waals surface area contributed by atoms with E-state index in [2.05, 4.69) is 42.2 Å². The summed E-state index contributed by atoms with van der Waals surface area (Å²) >= 11 is 1.91. The van der Waals surface area contributed by atoms with Crippen LogP contribution in [-0.2, 0) is 6.42 Å². The summed E-state index contributed by atoms with van der Waals surface area (Å²) in [6.45, 7) is 8.01. The maximum atomic E-state index is 4.69. The van der Waals surface area contributed by atoms with Gasteiger partial charge in [0.2, 0.25) is 0 Å². The average Bonchev–Trinajstić information content (AvgIpc) is 3.07. The molecule has 0 aliphatic carbocycles. The van der Waals surface area contributed by atoms with Crippen LogP contribution >= 0.6 is 11.3 Å². The molecule has 2 fully saturated rings. The Balaban J connectivity index is 1.67. The zero-order valence-electron chi connectivity index (χ0n) is 13.6. The molecule has 21 heavy (non-hydrogen) atoms. The van der Waals surface area contributed by atoms with Crippen molar-refractivity contribution >= 4 is 11.3 Å². The Labute approximate surface area is 133 Å². The molecule has 0 aromatic carbocycles. The van der Waals surface area contributed by atoms with Crippen LogP contribution in [0.5, 0.6) is 0 Å². The Bertz CT molecular complexity index is 445. The fourth-order valence-corrected chi connectivity index (χ4v) is 5.08. The van der Waals surface area contributed by atoms with Crippen LogP contribution < -0.4 is 5.32 Å². The van der Waals surface area contributed by atoms with E-state index >= 15 is 0 Å². The van der Waals surface area contributed by atoms with E-state index < -0.39 is 0 Å². The second-order valence-electron chi connectivity index (χ2n) is 6.65. The summed E-state index contributed by atoms with van der Waals surface area (Å²) in [5.41, 5.74) is 0. The van der Waals surface area contributed by atoms with E-state index in [4.69, 9.17) is 0 Å². The largest absolute Gasteiger partial charge is 0.314 e. The lowest BCUT2D eigenvalue weighted by Crippen LogP contribution is -2.49. The highest BCUT2D eigenvalue weighted by molar-refractivity contribution is 7.11. The molecule has 0 radical (unpaired) electrons. The molecule has 3 unspecified atom stereocenters. The number of rotatable bonds is 6. The Kier molecular flexibility index (Phi) is 4.97. The van der Waals surface area contributed by atoms with Crippen molar-refractivity contribution in [1.29, 1.82) is 0 Å². The van der Waals surface area contributed by atoms with Gasteiger partial charge in [0, 0.05) is 29.2 Å². The number of aryl methyl sites for hydroxylation is 1. The number of hydrogen-bond donors (Lipinski definition) is 1. The van der Waals surface area contributed by atoms with Gasteiger partial charge in [-0.15, -0.1) is 11.3 Å². The second kappa shape index (κ2) is 6.76.